The standard InChI is InChI=1S/C18H19ClN6OS/c1-5-13-21-16(19)24-17(22-13)25-18-20-8-12(27-18)15(26)23-14-10(3)6-9(2)7-11(14)4/h6-8H,5H2,1-4H3,(H,23,26)(H,20,21,22,24,25). The van der Waals surface area contributed by atoms with Gasteiger partial charge in [-0.25, -0.2) is 9.97 Å². The molecule has 0 aliphatic rings. The van der Waals surface area contributed by atoms with Crippen LogP contribution in [-0.2, 0) is 6.42 Å². The molecule has 2 aromatic heterocycles. The highest BCUT2D eigenvalue weighted by molar-refractivity contribution is 7.17. The molecule has 3 aromatic rings. The van der Waals surface area contributed by atoms with Crippen LogP contribution in [0.4, 0.5) is 16.8 Å². The highest BCUT2D eigenvalue weighted by Gasteiger charge is 2.14. The van der Waals surface area contributed by atoms with Gasteiger partial charge in [0.25, 0.3) is 5.91 Å². The number of hydrogen-bond acceptors (Lipinski definition) is 7. The van der Waals surface area contributed by atoms with E-state index in [1.165, 1.54) is 17.5 Å². The number of nitrogens with one attached hydrogen (secondary N) is 2. The van der Waals surface area contributed by atoms with Crippen LogP contribution < -0.4 is 10.6 Å². The zero-order chi connectivity index (χ0) is 19.6. The van der Waals surface area contributed by atoms with Crippen LogP contribution in [-0.4, -0.2) is 25.8 Å². The molecule has 0 saturated heterocycles. The molecule has 27 heavy (non-hydrogen) atoms. The molecule has 0 saturated carbocycles. The minimum Gasteiger partial charge on any atom is -0.321 e. The first-order valence-corrected chi connectivity index (χ1v) is 9.57. The number of aryl methyl sites for hydroxylation is 4. The molecule has 0 bridgehead atoms. The van der Waals surface area contributed by atoms with Gasteiger partial charge in [-0.2, -0.15) is 9.97 Å². The molecule has 0 atom stereocenters. The molecule has 7 nitrogen and oxygen atoms in total. The fourth-order valence-corrected chi connectivity index (χ4v) is 3.57. The van der Waals surface area contributed by atoms with Crippen LogP contribution in [0.3, 0.4) is 0 Å². The summed E-state index contributed by atoms with van der Waals surface area (Å²) in [5, 5.41) is 6.55. The lowest BCUT2D eigenvalue weighted by atomic mass is 10.1. The van der Waals surface area contributed by atoms with Crippen LogP contribution >= 0.6 is 22.9 Å². The molecule has 0 radical (unpaired) electrons. The molecule has 140 valence electrons. The maximum atomic E-state index is 12.6. The third-order valence-electron chi connectivity index (χ3n) is 3.83. The summed E-state index contributed by atoms with van der Waals surface area (Å²) in [7, 11) is 0. The van der Waals surface area contributed by atoms with Crippen molar-refractivity contribution in [3.63, 3.8) is 0 Å². The minimum absolute atomic E-state index is 0.115. The lowest BCUT2D eigenvalue weighted by molar-refractivity contribution is 0.103. The van der Waals surface area contributed by atoms with E-state index in [9.17, 15) is 4.79 Å². The fourth-order valence-electron chi connectivity index (χ4n) is 2.69. The van der Waals surface area contributed by atoms with Crippen LogP contribution in [0.2, 0.25) is 5.28 Å². The summed E-state index contributed by atoms with van der Waals surface area (Å²) in [4.78, 5) is 29.6. The number of carbonyl (C=O) groups excluding carboxylic acids is 1. The molecule has 3 rings (SSSR count). The third-order valence-corrected chi connectivity index (χ3v) is 4.92. The van der Waals surface area contributed by atoms with Gasteiger partial charge in [-0.1, -0.05) is 36.0 Å². The summed E-state index contributed by atoms with van der Waals surface area (Å²) in [5.41, 5.74) is 4.03. The van der Waals surface area contributed by atoms with E-state index >= 15 is 0 Å². The van der Waals surface area contributed by atoms with E-state index in [0.717, 1.165) is 22.4 Å². The highest BCUT2D eigenvalue weighted by atomic mass is 35.5. The van der Waals surface area contributed by atoms with Crippen molar-refractivity contribution in [3.8, 4) is 0 Å². The molecular formula is C18H19ClN6OS. The Hall–Kier alpha value is -2.58. The van der Waals surface area contributed by atoms with E-state index in [2.05, 4.69) is 30.6 Å². The zero-order valence-electron chi connectivity index (χ0n) is 15.4. The number of amides is 1. The molecule has 0 unspecified atom stereocenters. The van der Waals surface area contributed by atoms with Gasteiger partial charge in [-0.3, -0.25) is 10.1 Å². The average Bonchev–Trinajstić information content (AvgIpc) is 3.05. The molecule has 2 N–H and O–H groups in total. The molecule has 2 heterocycles. The normalized spacial score (nSPS) is 10.7. The van der Waals surface area contributed by atoms with Gasteiger partial charge in [-0.15, -0.1) is 0 Å². The van der Waals surface area contributed by atoms with E-state index in [1.807, 2.05) is 39.8 Å². The summed E-state index contributed by atoms with van der Waals surface area (Å²) in [6.45, 7) is 7.91. The van der Waals surface area contributed by atoms with E-state index in [0.29, 0.717) is 28.2 Å². The molecule has 0 aliphatic heterocycles. The van der Waals surface area contributed by atoms with Crippen molar-refractivity contribution in [2.24, 2.45) is 0 Å². The number of hydrogen-bond donors (Lipinski definition) is 2. The number of aromatic nitrogens is 4. The maximum absolute atomic E-state index is 12.6. The Morgan fingerprint density at radius 3 is 2.52 bits per heavy atom. The number of rotatable bonds is 5. The smallest absolute Gasteiger partial charge is 0.267 e. The van der Waals surface area contributed by atoms with Crippen LogP contribution in [0.1, 0.15) is 39.1 Å². The fraction of sp³-hybridized carbons (Fsp3) is 0.278. The van der Waals surface area contributed by atoms with Crippen LogP contribution in [0.25, 0.3) is 0 Å². The first-order chi connectivity index (χ1) is 12.9. The van der Waals surface area contributed by atoms with Crippen LogP contribution in [0.15, 0.2) is 18.3 Å². The number of thiazole rings is 1. The molecule has 0 fully saturated rings. The van der Waals surface area contributed by atoms with Crippen molar-refractivity contribution in [2.45, 2.75) is 34.1 Å². The number of benzene rings is 1. The number of anilines is 3. The Bertz CT molecular complexity index is 980. The summed E-state index contributed by atoms with van der Waals surface area (Å²) in [6.07, 6.45) is 2.16. The van der Waals surface area contributed by atoms with Gasteiger partial charge in [-0.05, 0) is 43.5 Å². The molecule has 0 spiro atoms. The SMILES string of the molecule is CCc1nc(Cl)nc(Nc2ncc(C(=O)Nc3c(C)cc(C)cc3C)s2)n1. The van der Waals surface area contributed by atoms with Gasteiger partial charge < -0.3 is 5.32 Å². The molecule has 0 aliphatic carbocycles. The summed E-state index contributed by atoms with van der Waals surface area (Å²) < 4.78 is 0. The molecular weight excluding hydrogens is 384 g/mol. The van der Waals surface area contributed by atoms with Crippen molar-refractivity contribution in [2.75, 3.05) is 10.6 Å². The molecule has 1 amide bonds. The van der Waals surface area contributed by atoms with Gasteiger partial charge >= 0.3 is 0 Å². The Morgan fingerprint density at radius 2 is 1.85 bits per heavy atom. The maximum Gasteiger partial charge on any atom is 0.267 e. The van der Waals surface area contributed by atoms with Gasteiger partial charge in [0.05, 0.1) is 6.20 Å². The van der Waals surface area contributed by atoms with Gasteiger partial charge in [0, 0.05) is 12.1 Å². The summed E-state index contributed by atoms with van der Waals surface area (Å²) >= 11 is 7.11. The van der Waals surface area contributed by atoms with Crippen molar-refractivity contribution >= 4 is 45.6 Å². The Balaban J connectivity index is 1.76. The predicted octanol–water partition coefficient (Wildman–Crippen LogP) is 4.47. The number of halogens is 1. The Kier molecular flexibility index (Phi) is 5.67. The first kappa shape index (κ1) is 19.2. The minimum atomic E-state index is -0.210. The Morgan fingerprint density at radius 1 is 1.15 bits per heavy atom. The van der Waals surface area contributed by atoms with Gasteiger partial charge in [0.1, 0.15) is 10.7 Å². The van der Waals surface area contributed by atoms with E-state index in [-0.39, 0.29) is 11.2 Å². The zero-order valence-corrected chi connectivity index (χ0v) is 17.0. The van der Waals surface area contributed by atoms with Crippen LogP contribution in [0, 0.1) is 20.8 Å². The Labute approximate surface area is 166 Å². The monoisotopic (exact) mass is 402 g/mol. The third kappa shape index (κ3) is 4.58. The van der Waals surface area contributed by atoms with Gasteiger partial charge in [0.15, 0.2) is 5.13 Å². The molecule has 1 aromatic carbocycles. The van der Waals surface area contributed by atoms with Crippen molar-refractivity contribution in [3.05, 3.63) is 51.0 Å². The number of nitrogens with zero attached hydrogens (tertiary/aromatic N) is 4. The largest absolute Gasteiger partial charge is 0.321 e. The van der Waals surface area contributed by atoms with Crippen LogP contribution in [0.5, 0.6) is 0 Å². The first-order valence-electron chi connectivity index (χ1n) is 8.38. The van der Waals surface area contributed by atoms with E-state index in [1.54, 1.807) is 0 Å². The topological polar surface area (TPSA) is 92.7 Å². The second-order valence-electron chi connectivity index (χ2n) is 6.08. The second-order valence-corrected chi connectivity index (χ2v) is 7.45. The summed E-state index contributed by atoms with van der Waals surface area (Å²) in [6, 6.07) is 4.08. The lowest BCUT2D eigenvalue weighted by Crippen LogP contribution is -2.12. The predicted molar refractivity (Wildman–Crippen MR) is 108 cm³/mol. The summed E-state index contributed by atoms with van der Waals surface area (Å²) in [5.74, 6) is 0.675. The van der Waals surface area contributed by atoms with Crippen molar-refractivity contribution in [1.82, 2.24) is 19.9 Å². The van der Waals surface area contributed by atoms with Crippen molar-refractivity contribution in [1.29, 1.82) is 0 Å². The van der Waals surface area contributed by atoms with E-state index in [4.69, 9.17) is 11.6 Å². The second kappa shape index (κ2) is 7.98. The van der Waals surface area contributed by atoms with Crippen molar-refractivity contribution < 1.29 is 4.79 Å². The quantitative estimate of drug-likeness (QED) is 0.654. The average molecular weight is 403 g/mol. The van der Waals surface area contributed by atoms with Gasteiger partial charge in [0.2, 0.25) is 11.2 Å². The highest BCUT2D eigenvalue weighted by Crippen LogP contribution is 2.25. The van der Waals surface area contributed by atoms with E-state index < -0.39 is 0 Å². The molecule has 9 heteroatoms. The lowest BCUT2D eigenvalue weighted by Gasteiger charge is -2.12. The number of carbonyl (C=O) groups is 1.